The molecule has 13 heteroatoms. The molecule has 2 aliphatic heterocycles. The Labute approximate surface area is 222 Å². The number of alkyl halides is 3. The number of rotatable bonds is 7. The van der Waals surface area contributed by atoms with Crippen LogP contribution in [-0.2, 0) is 12.7 Å². The van der Waals surface area contributed by atoms with E-state index < -0.39 is 23.5 Å². The van der Waals surface area contributed by atoms with Crippen molar-refractivity contribution in [3.63, 3.8) is 0 Å². The predicted octanol–water partition coefficient (Wildman–Crippen LogP) is 3.66. The highest BCUT2D eigenvalue weighted by atomic mass is 19.4. The molecule has 5 rings (SSSR count). The first-order chi connectivity index (χ1) is 18.6. The van der Waals surface area contributed by atoms with Gasteiger partial charge in [0.1, 0.15) is 35.2 Å². The molecule has 0 radical (unpaired) electrons. The number of benzene rings is 1. The first-order valence-electron chi connectivity index (χ1n) is 12.9. The first kappa shape index (κ1) is 26.9. The topological polar surface area (TPSA) is 119 Å². The highest BCUT2D eigenvalue weighted by Crippen LogP contribution is 2.36. The molecule has 4 heterocycles. The molecule has 0 aliphatic carbocycles. The van der Waals surface area contributed by atoms with Crippen molar-refractivity contribution in [1.29, 1.82) is 0 Å². The fourth-order valence-corrected chi connectivity index (χ4v) is 5.45. The lowest BCUT2D eigenvalue weighted by atomic mass is 9.95. The van der Waals surface area contributed by atoms with Crippen molar-refractivity contribution < 1.29 is 22.4 Å². The maximum Gasteiger partial charge on any atom is 0.419 e. The summed E-state index contributed by atoms with van der Waals surface area (Å²) in [6.45, 7) is 4.58. The van der Waals surface area contributed by atoms with Crippen LogP contribution in [0.5, 0.6) is 0 Å². The number of imidazole rings is 1. The fourth-order valence-electron chi connectivity index (χ4n) is 5.45. The van der Waals surface area contributed by atoms with Gasteiger partial charge in [-0.2, -0.15) is 13.2 Å². The molecule has 2 fully saturated rings. The van der Waals surface area contributed by atoms with Gasteiger partial charge >= 0.3 is 6.18 Å². The van der Waals surface area contributed by atoms with Crippen molar-refractivity contribution in [1.82, 2.24) is 24.4 Å². The number of likely N-dealkylation sites (tertiary alicyclic amines) is 1. The number of amides is 1. The average molecular weight is 547 g/mol. The minimum absolute atomic E-state index is 0.0207. The van der Waals surface area contributed by atoms with Gasteiger partial charge in [-0.25, -0.2) is 19.3 Å². The Hall–Kier alpha value is -3.74. The number of aromatic nitrogens is 4. The number of nitrogens with two attached hydrogens (primary N) is 2. The number of nitrogen functional groups attached to an aromatic ring is 1. The van der Waals surface area contributed by atoms with E-state index in [1.807, 2.05) is 9.47 Å². The zero-order valence-corrected chi connectivity index (χ0v) is 21.3. The van der Waals surface area contributed by atoms with E-state index in [9.17, 15) is 22.4 Å². The van der Waals surface area contributed by atoms with E-state index in [0.717, 1.165) is 50.4 Å². The molecule has 4 N–H and O–H groups in total. The average Bonchev–Trinajstić information content (AvgIpc) is 3.57. The van der Waals surface area contributed by atoms with Gasteiger partial charge in [0.05, 0.1) is 11.3 Å². The maximum absolute atomic E-state index is 13.9. The second kappa shape index (κ2) is 10.8. The highest BCUT2D eigenvalue weighted by Gasteiger charge is 2.35. The summed E-state index contributed by atoms with van der Waals surface area (Å²) in [4.78, 5) is 29.1. The van der Waals surface area contributed by atoms with Crippen molar-refractivity contribution in [2.75, 3.05) is 43.4 Å². The Morgan fingerprint density at radius 3 is 2.44 bits per heavy atom. The van der Waals surface area contributed by atoms with Crippen molar-refractivity contribution in [2.24, 2.45) is 5.73 Å². The number of piperidine rings is 1. The van der Waals surface area contributed by atoms with Crippen LogP contribution < -0.4 is 16.4 Å². The van der Waals surface area contributed by atoms with E-state index in [4.69, 9.17) is 16.5 Å². The lowest BCUT2D eigenvalue weighted by Crippen LogP contribution is -2.36. The molecule has 0 atom stereocenters. The summed E-state index contributed by atoms with van der Waals surface area (Å²) in [7, 11) is 0. The molecule has 2 aliphatic rings. The number of primary amides is 1. The SMILES string of the molecule is NC(=O)c1c(N)ncnc1N1CCC(c2nc(-c3ccc(F)c(C(F)(F)F)c3)cn2CCN2CCCC2)CC1. The van der Waals surface area contributed by atoms with Crippen LogP contribution in [0.25, 0.3) is 11.3 Å². The van der Waals surface area contributed by atoms with E-state index in [1.165, 1.54) is 12.4 Å². The highest BCUT2D eigenvalue weighted by molar-refractivity contribution is 6.01. The summed E-state index contributed by atoms with van der Waals surface area (Å²) in [5.74, 6) is -0.809. The van der Waals surface area contributed by atoms with Crippen molar-refractivity contribution >= 4 is 17.5 Å². The lowest BCUT2D eigenvalue weighted by molar-refractivity contribution is -0.139. The molecule has 0 saturated carbocycles. The summed E-state index contributed by atoms with van der Waals surface area (Å²) < 4.78 is 56.1. The zero-order valence-electron chi connectivity index (χ0n) is 21.3. The molecule has 208 valence electrons. The maximum atomic E-state index is 13.9. The van der Waals surface area contributed by atoms with E-state index >= 15 is 0 Å². The van der Waals surface area contributed by atoms with Gasteiger partial charge in [-0.1, -0.05) is 0 Å². The Morgan fingerprint density at radius 1 is 1.05 bits per heavy atom. The molecule has 2 aromatic heterocycles. The van der Waals surface area contributed by atoms with Crippen molar-refractivity contribution in [3.8, 4) is 11.3 Å². The van der Waals surface area contributed by atoms with Crippen LogP contribution in [0.4, 0.5) is 29.2 Å². The van der Waals surface area contributed by atoms with Gasteiger partial charge in [0.15, 0.2) is 0 Å². The third kappa shape index (κ3) is 5.68. The molecule has 3 aromatic rings. The monoisotopic (exact) mass is 546 g/mol. The van der Waals surface area contributed by atoms with Crippen LogP contribution in [0.15, 0.2) is 30.7 Å². The summed E-state index contributed by atoms with van der Waals surface area (Å²) in [6.07, 6.45) is 1.88. The van der Waals surface area contributed by atoms with E-state index in [0.29, 0.717) is 44.0 Å². The van der Waals surface area contributed by atoms with E-state index in [-0.39, 0.29) is 22.9 Å². The third-order valence-corrected chi connectivity index (χ3v) is 7.49. The van der Waals surface area contributed by atoms with Crippen LogP contribution in [-0.4, -0.2) is 63.0 Å². The number of hydrogen-bond acceptors (Lipinski definition) is 7. The number of carbonyl (C=O) groups excluding carboxylic acids is 1. The summed E-state index contributed by atoms with van der Waals surface area (Å²) in [6, 6.07) is 2.98. The van der Waals surface area contributed by atoms with Crippen molar-refractivity contribution in [2.45, 2.75) is 44.3 Å². The lowest BCUT2D eigenvalue weighted by Gasteiger charge is -2.33. The van der Waals surface area contributed by atoms with E-state index in [2.05, 4.69) is 14.9 Å². The molecule has 39 heavy (non-hydrogen) atoms. The molecule has 1 amide bonds. The quantitative estimate of drug-likeness (QED) is 0.434. The Kier molecular flexibility index (Phi) is 7.43. The van der Waals surface area contributed by atoms with Crippen LogP contribution in [0.2, 0.25) is 0 Å². The van der Waals surface area contributed by atoms with Gasteiger partial charge in [-0.05, 0) is 57.0 Å². The minimum Gasteiger partial charge on any atom is -0.383 e. The largest absolute Gasteiger partial charge is 0.419 e. The Bertz CT molecular complexity index is 1340. The van der Waals surface area contributed by atoms with Gasteiger partial charge < -0.3 is 25.8 Å². The number of nitrogens with zero attached hydrogens (tertiary/aromatic N) is 6. The molecular formula is C26H30F4N8O. The number of anilines is 2. The van der Waals surface area contributed by atoms with Crippen LogP contribution in [0.1, 0.15) is 53.3 Å². The normalized spacial score (nSPS) is 17.2. The third-order valence-electron chi connectivity index (χ3n) is 7.49. The molecular weight excluding hydrogens is 516 g/mol. The zero-order chi connectivity index (χ0) is 27.7. The smallest absolute Gasteiger partial charge is 0.383 e. The fraction of sp³-hybridized carbons (Fsp3) is 0.462. The Balaban J connectivity index is 1.41. The minimum atomic E-state index is -4.80. The second-order valence-corrected chi connectivity index (χ2v) is 10.0. The molecule has 9 nitrogen and oxygen atoms in total. The van der Waals surface area contributed by atoms with Gasteiger partial charge in [0, 0.05) is 43.9 Å². The summed E-state index contributed by atoms with van der Waals surface area (Å²) in [5.41, 5.74) is 10.7. The number of halogens is 4. The van der Waals surface area contributed by atoms with Crippen molar-refractivity contribution in [3.05, 3.63) is 53.5 Å². The van der Waals surface area contributed by atoms with Gasteiger partial charge in [-0.15, -0.1) is 0 Å². The standard InChI is InChI=1S/C26H30F4N8O/c27-19-4-3-17(13-18(19)26(28,29)30)20-14-38(12-11-36-7-1-2-8-36)24(35-20)16-5-9-37(10-6-16)25-21(23(32)39)22(31)33-15-34-25/h3-4,13-16H,1-2,5-12H2,(H2,32,39)(H2,31,33,34). The molecule has 2 saturated heterocycles. The van der Waals surface area contributed by atoms with Crippen LogP contribution in [0, 0.1) is 5.82 Å². The summed E-state index contributed by atoms with van der Waals surface area (Å²) >= 11 is 0. The Morgan fingerprint density at radius 2 is 1.77 bits per heavy atom. The molecule has 0 unspecified atom stereocenters. The van der Waals surface area contributed by atoms with Gasteiger partial charge in [0.25, 0.3) is 5.91 Å². The predicted molar refractivity (Wildman–Crippen MR) is 137 cm³/mol. The van der Waals surface area contributed by atoms with E-state index in [1.54, 1.807) is 6.20 Å². The van der Waals surface area contributed by atoms with Crippen LogP contribution in [0.3, 0.4) is 0 Å². The first-order valence-corrected chi connectivity index (χ1v) is 12.9. The van der Waals surface area contributed by atoms with Gasteiger partial charge in [-0.3, -0.25) is 4.79 Å². The van der Waals surface area contributed by atoms with Gasteiger partial charge in [0.2, 0.25) is 0 Å². The second-order valence-electron chi connectivity index (χ2n) is 10.0. The molecule has 0 bridgehead atoms. The molecule has 1 aromatic carbocycles. The summed E-state index contributed by atoms with van der Waals surface area (Å²) in [5, 5.41) is 0. The van der Waals surface area contributed by atoms with Crippen LogP contribution >= 0.6 is 0 Å². The number of carbonyl (C=O) groups is 1. The molecule has 0 spiro atoms. The number of hydrogen-bond donors (Lipinski definition) is 2.